The number of H-pyrrole nitrogens is 2. The third kappa shape index (κ3) is 1.94. The van der Waals surface area contributed by atoms with Crippen molar-refractivity contribution in [2.24, 2.45) is 0 Å². The van der Waals surface area contributed by atoms with Crippen molar-refractivity contribution < 1.29 is 0 Å². The molecule has 0 amide bonds. The maximum absolute atomic E-state index is 11.8. The first kappa shape index (κ1) is 12.0. The molecular weight excluding hydrogens is 268 g/mol. The minimum atomic E-state index is -0.291. The SMILES string of the molecule is Nc1nc2nc(C3CNc4ccccc4C3)[nH]c2c(=O)[nH]1. The molecule has 21 heavy (non-hydrogen) atoms. The number of nitrogens with zero attached hydrogens (tertiary/aromatic N) is 2. The van der Waals surface area contributed by atoms with Gasteiger partial charge in [-0.15, -0.1) is 0 Å². The molecule has 5 N–H and O–H groups in total. The van der Waals surface area contributed by atoms with Gasteiger partial charge in [0.25, 0.3) is 5.56 Å². The number of imidazole rings is 1. The van der Waals surface area contributed by atoms with Gasteiger partial charge in [0.05, 0.1) is 0 Å². The van der Waals surface area contributed by atoms with Crippen molar-refractivity contribution in [1.82, 2.24) is 19.9 Å². The van der Waals surface area contributed by atoms with Crippen LogP contribution in [0.1, 0.15) is 17.3 Å². The lowest BCUT2D eigenvalue weighted by molar-refractivity contribution is 0.659. The molecule has 0 spiro atoms. The normalized spacial score (nSPS) is 17.4. The van der Waals surface area contributed by atoms with Crippen LogP contribution in [0, 0.1) is 0 Å². The van der Waals surface area contributed by atoms with Gasteiger partial charge in [-0.1, -0.05) is 18.2 Å². The van der Waals surface area contributed by atoms with E-state index in [1.165, 1.54) is 5.56 Å². The first-order valence-corrected chi connectivity index (χ1v) is 6.78. The van der Waals surface area contributed by atoms with Crippen molar-refractivity contribution in [2.75, 3.05) is 17.6 Å². The van der Waals surface area contributed by atoms with Gasteiger partial charge in [0.1, 0.15) is 5.82 Å². The standard InChI is InChI=1S/C14H14N6O/c15-14-19-12-10(13(21)20-14)17-11(18-12)8-5-7-3-1-2-4-9(7)16-6-8/h1-4,8,16H,5-6H2,(H4,15,17,18,19,20,21). The number of benzene rings is 1. The summed E-state index contributed by atoms with van der Waals surface area (Å²) in [4.78, 5) is 25.9. The number of anilines is 2. The summed E-state index contributed by atoms with van der Waals surface area (Å²) in [6, 6.07) is 8.20. The zero-order valence-electron chi connectivity index (χ0n) is 11.2. The fourth-order valence-corrected chi connectivity index (χ4v) is 2.77. The number of rotatable bonds is 1. The Bertz CT molecular complexity index is 881. The maximum atomic E-state index is 11.8. The van der Waals surface area contributed by atoms with E-state index in [9.17, 15) is 4.79 Å². The Kier molecular flexibility index (Phi) is 2.47. The van der Waals surface area contributed by atoms with Crippen LogP contribution in [0.5, 0.6) is 0 Å². The molecule has 0 aliphatic carbocycles. The van der Waals surface area contributed by atoms with Gasteiger partial charge in [0.2, 0.25) is 5.95 Å². The van der Waals surface area contributed by atoms with Gasteiger partial charge in [0, 0.05) is 18.2 Å². The summed E-state index contributed by atoms with van der Waals surface area (Å²) in [5, 5.41) is 3.39. The van der Waals surface area contributed by atoms with Crippen molar-refractivity contribution in [3.8, 4) is 0 Å². The Morgan fingerprint density at radius 3 is 2.95 bits per heavy atom. The molecule has 0 bridgehead atoms. The van der Waals surface area contributed by atoms with E-state index in [2.05, 4.69) is 37.4 Å². The number of aromatic amines is 2. The Labute approximate surface area is 119 Å². The van der Waals surface area contributed by atoms with E-state index in [-0.39, 0.29) is 17.4 Å². The second kappa shape index (κ2) is 4.34. The zero-order chi connectivity index (χ0) is 14.4. The smallest absolute Gasteiger partial charge is 0.278 e. The molecule has 3 heterocycles. The summed E-state index contributed by atoms with van der Waals surface area (Å²) in [5.41, 5.74) is 8.39. The highest BCUT2D eigenvalue weighted by Crippen LogP contribution is 2.29. The summed E-state index contributed by atoms with van der Waals surface area (Å²) in [7, 11) is 0. The van der Waals surface area contributed by atoms with Crippen LogP contribution in [0.3, 0.4) is 0 Å². The second-order valence-electron chi connectivity index (χ2n) is 5.21. The number of hydrogen-bond donors (Lipinski definition) is 4. The number of nitrogen functional groups attached to an aromatic ring is 1. The lowest BCUT2D eigenvalue weighted by Gasteiger charge is -2.24. The van der Waals surface area contributed by atoms with Crippen molar-refractivity contribution in [3.63, 3.8) is 0 Å². The lowest BCUT2D eigenvalue weighted by Crippen LogP contribution is -2.22. The molecule has 0 fully saturated rings. The average molecular weight is 282 g/mol. The molecule has 4 rings (SSSR count). The number of aromatic nitrogens is 4. The summed E-state index contributed by atoms with van der Waals surface area (Å²) in [5.74, 6) is 1.02. The molecule has 106 valence electrons. The molecule has 1 aliphatic rings. The highest BCUT2D eigenvalue weighted by atomic mass is 16.1. The molecular formula is C14H14N6O. The number of para-hydroxylation sites is 1. The maximum Gasteiger partial charge on any atom is 0.278 e. The number of fused-ring (bicyclic) bond motifs is 2. The molecule has 2 aromatic heterocycles. The molecule has 1 atom stereocenters. The van der Waals surface area contributed by atoms with Crippen molar-refractivity contribution in [3.05, 3.63) is 46.0 Å². The topological polar surface area (TPSA) is 112 Å². The largest absolute Gasteiger partial charge is 0.384 e. The lowest BCUT2D eigenvalue weighted by atomic mass is 9.93. The third-order valence-corrected chi connectivity index (χ3v) is 3.81. The molecule has 1 aromatic carbocycles. The first-order valence-electron chi connectivity index (χ1n) is 6.78. The van der Waals surface area contributed by atoms with Crippen molar-refractivity contribution >= 4 is 22.8 Å². The van der Waals surface area contributed by atoms with Crippen LogP contribution in [-0.2, 0) is 6.42 Å². The van der Waals surface area contributed by atoms with Crippen LogP contribution in [0.4, 0.5) is 11.6 Å². The first-order chi connectivity index (χ1) is 10.2. The van der Waals surface area contributed by atoms with Gasteiger partial charge in [-0.2, -0.15) is 4.98 Å². The Morgan fingerprint density at radius 2 is 2.05 bits per heavy atom. The molecule has 1 aliphatic heterocycles. The molecule has 1 unspecified atom stereocenters. The third-order valence-electron chi connectivity index (χ3n) is 3.81. The van der Waals surface area contributed by atoms with Gasteiger partial charge in [0.15, 0.2) is 11.2 Å². The van der Waals surface area contributed by atoms with Gasteiger partial charge < -0.3 is 16.0 Å². The van der Waals surface area contributed by atoms with Gasteiger partial charge in [-0.05, 0) is 18.1 Å². The average Bonchev–Trinajstić information content (AvgIpc) is 2.91. The molecule has 0 saturated heterocycles. The van der Waals surface area contributed by atoms with Gasteiger partial charge in [-0.25, -0.2) is 4.98 Å². The quantitative estimate of drug-likeness (QED) is 0.531. The fourth-order valence-electron chi connectivity index (χ4n) is 2.77. The van der Waals surface area contributed by atoms with E-state index < -0.39 is 0 Å². The number of nitrogens with two attached hydrogens (primary N) is 1. The summed E-state index contributed by atoms with van der Waals surface area (Å²) in [6.45, 7) is 0.768. The summed E-state index contributed by atoms with van der Waals surface area (Å²) < 4.78 is 0. The van der Waals surface area contributed by atoms with Crippen molar-refractivity contribution in [2.45, 2.75) is 12.3 Å². The van der Waals surface area contributed by atoms with Crippen LogP contribution < -0.4 is 16.6 Å². The van der Waals surface area contributed by atoms with Crippen LogP contribution in [-0.4, -0.2) is 26.5 Å². The van der Waals surface area contributed by atoms with E-state index in [4.69, 9.17) is 5.73 Å². The number of hydrogen-bond acceptors (Lipinski definition) is 5. The molecule has 3 aromatic rings. The summed E-state index contributed by atoms with van der Waals surface area (Å²) in [6.07, 6.45) is 0.871. The number of nitrogens with one attached hydrogen (secondary N) is 3. The molecule has 7 nitrogen and oxygen atoms in total. The highest BCUT2D eigenvalue weighted by molar-refractivity contribution is 5.70. The van der Waals surface area contributed by atoms with Gasteiger partial charge in [-0.3, -0.25) is 9.78 Å². The Balaban J connectivity index is 1.75. The fraction of sp³-hybridized carbons (Fsp3) is 0.214. The predicted molar refractivity (Wildman–Crippen MR) is 80.3 cm³/mol. The van der Waals surface area contributed by atoms with Crippen LogP contribution >= 0.6 is 0 Å². The molecule has 7 heteroatoms. The van der Waals surface area contributed by atoms with E-state index >= 15 is 0 Å². The summed E-state index contributed by atoms with van der Waals surface area (Å²) >= 11 is 0. The highest BCUT2D eigenvalue weighted by Gasteiger charge is 2.23. The van der Waals surface area contributed by atoms with E-state index in [0.29, 0.717) is 11.2 Å². The molecule has 0 saturated carbocycles. The van der Waals surface area contributed by atoms with Crippen LogP contribution in [0.2, 0.25) is 0 Å². The van der Waals surface area contributed by atoms with E-state index in [1.807, 2.05) is 12.1 Å². The van der Waals surface area contributed by atoms with Crippen LogP contribution in [0.15, 0.2) is 29.1 Å². The second-order valence-corrected chi connectivity index (χ2v) is 5.21. The Hall–Kier alpha value is -2.83. The minimum Gasteiger partial charge on any atom is -0.384 e. The minimum absolute atomic E-state index is 0.0812. The Morgan fingerprint density at radius 1 is 1.19 bits per heavy atom. The monoisotopic (exact) mass is 282 g/mol. The van der Waals surface area contributed by atoms with E-state index in [0.717, 1.165) is 24.5 Å². The van der Waals surface area contributed by atoms with Crippen LogP contribution in [0.25, 0.3) is 11.2 Å². The van der Waals surface area contributed by atoms with E-state index in [1.54, 1.807) is 0 Å². The van der Waals surface area contributed by atoms with Gasteiger partial charge >= 0.3 is 0 Å². The zero-order valence-corrected chi connectivity index (χ0v) is 11.2. The van der Waals surface area contributed by atoms with Crippen molar-refractivity contribution in [1.29, 1.82) is 0 Å². The predicted octanol–water partition coefficient (Wildman–Crippen LogP) is 0.980. The molecule has 0 radical (unpaired) electrons.